The first-order chi connectivity index (χ1) is 14.9. The van der Waals surface area contributed by atoms with Gasteiger partial charge in [0.2, 0.25) is 0 Å². The summed E-state index contributed by atoms with van der Waals surface area (Å²) >= 11 is 1.47. The minimum atomic E-state index is -0.431. The molecule has 2 N–H and O–H groups in total. The number of aryl methyl sites for hydroxylation is 2. The Hall–Kier alpha value is -3.58. The zero-order valence-corrected chi connectivity index (χ0v) is 18.6. The third-order valence-corrected chi connectivity index (χ3v) is 5.43. The second-order valence-electron chi connectivity index (χ2n) is 6.87. The van der Waals surface area contributed by atoms with Crippen molar-refractivity contribution in [2.45, 2.75) is 13.8 Å². The number of thiophene rings is 1. The maximum absolute atomic E-state index is 13.1. The van der Waals surface area contributed by atoms with Crippen molar-refractivity contribution in [1.29, 1.82) is 0 Å². The van der Waals surface area contributed by atoms with Crippen LogP contribution in [0.5, 0.6) is 11.5 Å². The molecular formula is C24H24N2O4S. The summed E-state index contributed by atoms with van der Waals surface area (Å²) in [6.45, 7) is 3.87. The molecule has 3 rings (SSSR count). The van der Waals surface area contributed by atoms with Crippen molar-refractivity contribution in [3.63, 3.8) is 0 Å². The SMILES string of the molecule is COc1ccc(C(=O)N/C(=C\c2cccs2)C(=O)Nc2cc(C)ccc2C)cc1OC. The van der Waals surface area contributed by atoms with Crippen LogP contribution >= 0.6 is 11.3 Å². The number of hydrogen-bond donors (Lipinski definition) is 2. The third-order valence-electron chi connectivity index (χ3n) is 4.61. The Bertz CT molecular complexity index is 1120. The van der Waals surface area contributed by atoms with E-state index in [1.807, 2.05) is 49.6 Å². The number of anilines is 1. The largest absolute Gasteiger partial charge is 0.493 e. The molecule has 0 aliphatic carbocycles. The molecular weight excluding hydrogens is 412 g/mol. The molecule has 1 heterocycles. The molecule has 160 valence electrons. The van der Waals surface area contributed by atoms with Crippen molar-refractivity contribution >= 4 is 34.9 Å². The second kappa shape index (κ2) is 9.95. The van der Waals surface area contributed by atoms with E-state index in [0.717, 1.165) is 16.0 Å². The fourth-order valence-corrected chi connectivity index (χ4v) is 3.56. The maximum atomic E-state index is 13.1. The van der Waals surface area contributed by atoms with Crippen LogP contribution in [0.3, 0.4) is 0 Å². The molecule has 1 aromatic heterocycles. The number of benzene rings is 2. The molecule has 0 bridgehead atoms. The summed E-state index contributed by atoms with van der Waals surface area (Å²) in [5, 5.41) is 7.54. The summed E-state index contributed by atoms with van der Waals surface area (Å²) < 4.78 is 10.5. The molecule has 7 heteroatoms. The zero-order valence-electron chi connectivity index (χ0n) is 17.8. The van der Waals surface area contributed by atoms with Crippen LogP contribution in [0.1, 0.15) is 26.4 Å². The summed E-state index contributed by atoms with van der Waals surface area (Å²) in [5.74, 6) is 0.107. The van der Waals surface area contributed by atoms with Gasteiger partial charge in [0.05, 0.1) is 14.2 Å². The molecule has 6 nitrogen and oxygen atoms in total. The lowest BCUT2D eigenvalue weighted by atomic mass is 10.1. The van der Waals surface area contributed by atoms with Gasteiger partial charge in [0.15, 0.2) is 11.5 Å². The summed E-state index contributed by atoms with van der Waals surface area (Å²) in [6, 6.07) is 14.4. The topological polar surface area (TPSA) is 76.7 Å². The molecule has 0 atom stereocenters. The first kappa shape index (κ1) is 22.1. The molecule has 0 unspecified atom stereocenters. The summed E-state index contributed by atoms with van der Waals surface area (Å²) in [6.07, 6.45) is 1.66. The standard InChI is InChI=1S/C24H24N2O4S/c1-15-7-8-16(2)19(12-15)25-24(28)20(14-18-6-5-11-31-18)26-23(27)17-9-10-21(29-3)22(13-17)30-4/h5-14H,1-4H3,(H,25,28)(H,26,27)/b20-14-. The van der Waals surface area contributed by atoms with Gasteiger partial charge < -0.3 is 20.1 Å². The number of hydrogen-bond acceptors (Lipinski definition) is 5. The first-order valence-corrected chi connectivity index (χ1v) is 10.5. The number of ether oxygens (including phenoxy) is 2. The Labute approximate surface area is 185 Å². The van der Waals surface area contributed by atoms with Crippen LogP contribution in [-0.2, 0) is 4.79 Å². The van der Waals surface area contributed by atoms with Crippen molar-refractivity contribution in [3.05, 3.63) is 81.2 Å². The van der Waals surface area contributed by atoms with E-state index in [1.54, 1.807) is 24.3 Å². The van der Waals surface area contributed by atoms with E-state index < -0.39 is 11.8 Å². The third kappa shape index (κ3) is 5.52. The number of nitrogens with one attached hydrogen (secondary N) is 2. The van der Waals surface area contributed by atoms with Gasteiger partial charge in [-0.1, -0.05) is 18.2 Å². The van der Waals surface area contributed by atoms with Crippen molar-refractivity contribution < 1.29 is 19.1 Å². The Kier molecular flexibility index (Phi) is 7.10. The van der Waals surface area contributed by atoms with Gasteiger partial charge in [0.1, 0.15) is 5.70 Å². The van der Waals surface area contributed by atoms with Crippen LogP contribution in [0.4, 0.5) is 5.69 Å². The minimum absolute atomic E-state index is 0.142. The van der Waals surface area contributed by atoms with Gasteiger partial charge >= 0.3 is 0 Å². The number of methoxy groups -OCH3 is 2. The van der Waals surface area contributed by atoms with Gasteiger partial charge in [-0.3, -0.25) is 9.59 Å². The average molecular weight is 437 g/mol. The van der Waals surface area contributed by atoms with Crippen molar-refractivity contribution in [3.8, 4) is 11.5 Å². The lowest BCUT2D eigenvalue weighted by Crippen LogP contribution is -2.31. The van der Waals surface area contributed by atoms with Crippen molar-refractivity contribution in [2.24, 2.45) is 0 Å². The zero-order chi connectivity index (χ0) is 22.4. The highest BCUT2D eigenvalue weighted by molar-refractivity contribution is 7.10. The van der Waals surface area contributed by atoms with E-state index in [9.17, 15) is 9.59 Å². The number of amides is 2. The average Bonchev–Trinajstić information content (AvgIpc) is 3.28. The molecule has 0 aliphatic heterocycles. The maximum Gasteiger partial charge on any atom is 0.272 e. The predicted octanol–water partition coefficient (Wildman–Crippen LogP) is 4.79. The van der Waals surface area contributed by atoms with Crippen LogP contribution in [0.25, 0.3) is 6.08 Å². The van der Waals surface area contributed by atoms with Crippen molar-refractivity contribution in [2.75, 3.05) is 19.5 Å². The molecule has 0 fully saturated rings. The van der Waals surface area contributed by atoms with Crippen LogP contribution in [-0.4, -0.2) is 26.0 Å². The smallest absolute Gasteiger partial charge is 0.272 e. The second-order valence-corrected chi connectivity index (χ2v) is 7.85. The lowest BCUT2D eigenvalue weighted by molar-refractivity contribution is -0.113. The van der Waals surface area contributed by atoms with E-state index in [-0.39, 0.29) is 5.70 Å². The Balaban J connectivity index is 1.88. The Morgan fingerprint density at radius 1 is 0.968 bits per heavy atom. The van der Waals surface area contributed by atoms with Crippen LogP contribution in [0.15, 0.2) is 59.6 Å². The van der Waals surface area contributed by atoms with Gasteiger partial charge in [-0.25, -0.2) is 0 Å². The summed E-state index contributed by atoms with van der Waals surface area (Å²) in [7, 11) is 3.02. The highest BCUT2D eigenvalue weighted by Gasteiger charge is 2.17. The molecule has 2 aromatic carbocycles. The van der Waals surface area contributed by atoms with E-state index in [0.29, 0.717) is 22.7 Å². The molecule has 0 saturated carbocycles. The lowest BCUT2D eigenvalue weighted by Gasteiger charge is -2.14. The fraction of sp³-hybridized carbons (Fsp3) is 0.167. The number of carbonyl (C=O) groups is 2. The summed E-state index contributed by atoms with van der Waals surface area (Å²) in [5.41, 5.74) is 3.14. The highest BCUT2D eigenvalue weighted by atomic mass is 32.1. The number of rotatable bonds is 7. The van der Waals surface area contributed by atoms with Gasteiger partial charge in [0, 0.05) is 16.1 Å². The van der Waals surface area contributed by atoms with Gasteiger partial charge in [-0.2, -0.15) is 0 Å². The molecule has 31 heavy (non-hydrogen) atoms. The number of carbonyl (C=O) groups excluding carboxylic acids is 2. The fourth-order valence-electron chi connectivity index (χ4n) is 2.91. The predicted molar refractivity (Wildman–Crippen MR) is 124 cm³/mol. The molecule has 2 amide bonds. The quantitative estimate of drug-likeness (QED) is 0.522. The molecule has 0 radical (unpaired) electrons. The van der Waals surface area contributed by atoms with Crippen molar-refractivity contribution in [1.82, 2.24) is 5.32 Å². The monoisotopic (exact) mass is 436 g/mol. The van der Waals surface area contributed by atoms with Crippen LogP contribution < -0.4 is 20.1 Å². The van der Waals surface area contributed by atoms with E-state index in [4.69, 9.17) is 9.47 Å². The van der Waals surface area contributed by atoms with Crippen LogP contribution in [0, 0.1) is 13.8 Å². The van der Waals surface area contributed by atoms with E-state index in [1.165, 1.54) is 25.6 Å². The first-order valence-electron chi connectivity index (χ1n) is 9.58. The molecule has 0 spiro atoms. The van der Waals surface area contributed by atoms with Gasteiger partial charge in [0.25, 0.3) is 11.8 Å². The minimum Gasteiger partial charge on any atom is -0.493 e. The van der Waals surface area contributed by atoms with E-state index >= 15 is 0 Å². The molecule has 0 aliphatic rings. The summed E-state index contributed by atoms with van der Waals surface area (Å²) in [4.78, 5) is 26.8. The normalized spacial score (nSPS) is 11.0. The Morgan fingerprint density at radius 3 is 2.42 bits per heavy atom. The molecule has 0 saturated heterocycles. The Morgan fingerprint density at radius 2 is 1.74 bits per heavy atom. The highest BCUT2D eigenvalue weighted by Crippen LogP contribution is 2.27. The van der Waals surface area contributed by atoms with Gasteiger partial charge in [-0.15, -0.1) is 11.3 Å². The van der Waals surface area contributed by atoms with Crippen LogP contribution in [0.2, 0.25) is 0 Å². The van der Waals surface area contributed by atoms with Gasteiger partial charge in [-0.05, 0) is 66.8 Å². The van der Waals surface area contributed by atoms with E-state index in [2.05, 4.69) is 10.6 Å². The molecule has 3 aromatic rings.